The number of nitro groups is 1. The van der Waals surface area contributed by atoms with Crippen LogP contribution >= 0.6 is 12.2 Å². The molecule has 0 aliphatic carbocycles. The van der Waals surface area contributed by atoms with Gasteiger partial charge >= 0.3 is 0 Å². The molecule has 4 rings (SSSR count). The fourth-order valence-electron chi connectivity index (χ4n) is 5.74. The number of rotatable bonds is 17. The summed E-state index contributed by atoms with van der Waals surface area (Å²) in [6, 6.07) is 21.8. The van der Waals surface area contributed by atoms with Gasteiger partial charge in [0.15, 0.2) is 5.11 Å². The van der Waals surface area contributed by atoms with Gasteiger partial charge in [-0.15, -0.1) is 0 Å². The highest BCUT2D eigenvalue weighted by atomic mass is 32.2. The molecule has 1 atom stereocenters. The van der Waals surface area contributed by atoms with Crippen LogP contribution in [0.1, 0.15) is 42.9 Å². The Hall–Kier alpha value is -4.15. The fourth-order valence-corrected chi connectivity index (χ4v) is 7.59. The van der Waals surface area contributed by atoms with Crippen LogP contribution in [-0.2, 0) is 14.8 Å². The van der Waals surface area contributed by atoms with Gasteiger partial charge in [-0.2, -0.15) is 4.31 Å². The maximum absolute atomic E-state index is 13.7. The molecule has 0 spiro atoms. The third-order valence-electron chi connectivity index (χ3n) is 8.29. The predicted molar refractivity (Wildman–Crippen MR) is 196 cm³/mol. The molecule has 15 heteroatoms. The van der Waals surface area contributed by atoms with Crippen molar-refractivity contribution in [2.24, 2.45) is 0 Å². The highest BCUT2D eigenvalue weighted by Gasteiger charge is 2.40. The van der Waals surface area contributed by atoms with Crippen molar-refractivity contribution in [2.75, 3.05) is 59.3 Å². The molecule has 0 saturated carbocycles. The zero-order valence-corrected chi connectivity index (χ0v) is 29.8. The van der Waals surface area contributed by atoms with Crippen molar-refractivity contribution < 1.29 is 18.1 Å². The Kier molecular flexibility index (Phi) is 13.8. The number of nitrogens with zero attached hydrogens (tertiary/aromatic N) is 4. The normalized spacial score (nSPS) is 15.0. The first kappa shape index (κ1) is 37.7. The van der Waals surface area contributed by atoms with E-state index >= 15 is 0 Å². The van der Waals surface area contributed by atoms with E-state index in [2.05, 4.69) is 31.3 Å². The molecule has 0 unspecified atom stereocenters. The number of nitro benzene ring substituents is 1. The van der Waals surface area contributed by atoms with E-state index in [1.54, 1.807) is 0 Å². The number of thiocarbonyl (C=S) groups is 1. The number of benzene rings is 3. The van der Waals surface area contributed by atoms with Crippen molar-refractivity contribution >= 4 is 44.6 Å². The third-order valence-corrected chi connectivity index (χ3v) is 10.4. The zero-order valence-electron chi connectivity index (χ0n) is 28.2. The van der Waals surface area contributed by atoms with E-state index in [9.17, 15) is 23.3 Å². The summed E-state index contributed by atoms with van der Waals surface area (Å²) < 4.78 is 28.6. The molecule has 1 heterocycles. The first-order chi connectivity index (χ1) is 23.5. The summed E-state index contributed by atoms with van der Waals surface area (Å²) >= 11 is 5.51. The highest BCUT2D eigenvalue weighted by molar-refractivity contribution is 7.89. The van der Waals surface area contributed by atoms with Gasteiger partial charge in [0.25, 0.3) is 5.69 Å². The third kappa shape index (κ3) is 10.7. The SMILES string of the molecule is CN(C)CCCN(C)CCCNC(=O)[C@@H]1CCCN1S(=O)(=O)c1ccc(NNC(=S)NC(c2ccccc2)c2ccccc2)c([N+](=O)[O-])c1. The number of carbonyl (C=O) groups is 1. The lowest BCUT2D eigenvalue weighted by Crippen LogP contribution is -2.46. The lowest BCUT2D eigenvalue weighted by molar-refractivity contribution is -0.384. The van der Waals surface area contributed by atoms with Crippen LogP contribution in [0.3, 0.4) is 0 Å². The Morgan fingerprint density at radius 3 is 2.22 bits per heavy atom. The average Bonchev–Trinajstić information content (AvgIpc) is 3.60. The van der Waals surface area contributed by atoms with E-state index in [-0.39, 0.29) is 34.2 Å². The predicted octanol–water partition coefficient (Wildman–Crippen LogP) is 3.72. The Balaban J connectivity index is 1.38. The van der Waals surface area contributed by atoms with Gasteiger partial charge < -0.3 is 20.4 Å². The molecular formula is C34H46N8O5S2. The van der Waals surface area contributed by atoms with E-state index in [1.165, 1.54) is 12.1 Å². The summed E-state index contributed by atoms with van der Waals surface area (Å²) in [5, 5.41) is 18.4. The largest absolute Gasteiger partial charge is 0.355 e. The van der Waals surface area contributed by atoms with E-state index < -0.39 is 26.7 Å². The maximum atomic E-state index is 13.7. The molecule has 0 bridgehead atoms. The lowest BCUT2D eigenvalue weighted by atomic mass is 9.99. The second-order valence-electron chi connectivity index (χ2n) is 12.3. The Labute approximate surface area is 294 Å². The molecule has 3 aromatic rings. The van der Waals surface area contributed by atoms with E-state index in [1.807, 2.05) is 81.8 Å². The van der Waals surface area contributed by atoms with Gasteiger partial charge in [-0.1, -0.05) is 60.7 Å². The molecule has 13 nitrogen and oxygen atoms in total. The van der Waals surface area contributed by atoms with E-state index in [4.69, 9.17) is 12.2 Å². The Bertz CT molecular complexity index is 1620. The van der Waals surface area contributed by atoms with Crippen LogP contribution in [0.2, 0.25) is 0 Å². The van der Waals surface area contributed by atoms with Crippen LogP contribution in [0, 0.1) is 10.1 Å². The molecule has 264 valence electrons. The summed E-state index contributed by atoms with van der Waals surface area (Å²) in [4.78, 5) is 28.6. The van der Waals surface area contributed by atoms with Crippen molar-refractivity contribution in [1.29, 1.82) is 0 Å². The number of hydrazine groups is 1. The summed E-state index contributed by atoms with van der Waals surface area (Å²) in [6.45, 7) is 3.33. The number of carbonyl (C=O) groups excluding carboxylic acids is 1. The van der Waals surface area contributed by atoms with Crippen molar-refractivity contribution in [3.63, 3.8) is 0 Å². The molecule has 1 aliphatic rings. The average molecular weight is 711 g/mol. The van der Waals surface area contributed by atoms with Crippen LogP contribution in [0.4, 0.5) is 11.4 Å². The van der Waals surface area contributed by atoms with Gasteiger partial charge in [0.2, 0.25) is 15.9 Å². The first-order valence-corrected chi connectivity index (χ1v) is 18.2. The van der Waals surface area contributed by atoms with Crippen molar-refractivity contribution in [1.82, 2.24) is 30.2 Å². The van der Waals surface area contributed by atoms with E-state index in [0.29, 0.717) is 19.4 Å². The number of hydrogen-bond donors (Lipinski definition) is 4. The van der Waals surface area contributed by atoms with Gasteiger partial charge in [-0.3, -0.25) is 25.8 Å². The molecule has 4 N–H and O–H groups in total. The minimum atomic E-state index is -4.21. The highest BCUT2D eigenvalue weighted by Crippen LogP contribution is 2.32. The number of anilines is 1. The Morgan fingerprint density at radius 1 is 0.980 bits per heavy atom. The molecule has 1 amide bonds. The lowest BCUT2D eigenvalue weighted by Gasteiger charge is -2.24. The van der Waals surface area contributed by atoms with Gasteiger partial charge in [-0.25, -0.2) is 8.42 Å². The van der Waals surface area contributed by atoms with Gasteiger partial charge in [0.05, 0.1) is 15.9 Å². The van der Waals surface area contributed by atoms with Crippen LogP contribution in [0.15, 0.2) is 83.8 Å². The fraction of sp³-hybridized carbons (Fsp3) is 0.412. The van der Waals surface area contributed by atoms with E-state index in [0.717, 1.165) is 54.0 Å². The number of hydrogen-bond acceptors (Lipinski definition) is 9. The molecule has 1 saturated heterocycles. The summed E-state index contributed by atoms with van der Waals surface area (Å²) in [6.07, 6.45) is 2.66. The van der Waals surface area contributed by atoms with Gasteiger partial charge in [-0.05, 0) is 102 Å². The van der Waals surface area contributed by atoms with Gasteiger partial charge in [0, 0.05) is 19.2 Å². The van der Waals surface area contributed by atoms with Crippen molar-refractivity contribution in [3.8, 4) is 0 Å². The molecule has 0 aromatic heterocycles. The second kappa shape index (κ2) is 18.0. The van der Waals surface area contributed by atoms with Crippen molar-refractivity contribution in [3.05, 3.63) is 100 Å². The van der Waals surface area contributed by atoms with Crippen LogP contribution in [-0.4, -0.2) is 98.4 Å². The molecule has 1 aliphatic heterocycles. The Morgan fingerprint density at radius 2 is 1.61 bits per heavy atom. The van der Waals surface area contributed by atoms with Crippen LogP contribution in [0.5, 0.6) is 0 Å². The van der Waals surface area contributed by atoms with Crippen molar-refractivity contribution in [2.45, 2.75) is 42.7 Å². The number of nitrogens with one attached hydrogen (secondary N) is 4. The topological polar surface area (TPSA) is 152 Å². The summed E-state index contributed by atoms with van der Waals surface area (Å²) in [5.74, 6) is -0.362. The minimum Gasteiger partial charge on any atom is -0.355 e. The molecule has 1 fully saturated rings. The number of amides is 1. The number of sulfonamides is 1. The summed E-state index contributed by atoms with van der Waals surface area (Å²) in [7, 11) is 1.91. The quantitative estimate of drug-likeness (QED) is 0.0702. The molecule has 0 radical (unpaired) electrons. The second-order valence-corrected chi connectivity index (χ2v) is 14.6. The monoisotopic (exact) mass is 710 g/mol. The molecular weight excluding hydrogens is 665 g/mol. The smallest absolute Gasteiger partial charge is 0.295 e. The molecule has 3 aromatic carbocycles. The zero-order chi connectivity index (χ0) is 35.4. The van der Waals surface area contributed by atoms with Crippen LogP contribution in [0.25, 0.3) is 0 Å². The first-order valence-electron chi connectivity index (χ1n) is 16.3. The maximum Gasteiger partial charge on any atom is 0.295 e. The van der Waals surface area contributed by atoms with Gasteiger partial charge in [0.1, 0.15) is 11.7 Å². The standard InChI is InChI=1S/C34H46N8O5S2/c1-39(2)21-12-23-40(3)22-11-20-35-33(43)30-17-10-24-41(30)49(46,47)28-18-19-29(31(25-28)42(44)45)37-38-34(48)36-32(26-13-6-4-7-14-26)27-15-8-5-9-16-27/h4-9,13-16,18-19,25,30,32,37H,10-12,17,20-24H2,1-3H3,(H,35,43)(H2,36,38,48)/t30-/m0/s1. The van der Waals surface area contributed by atoms with Crippen LogP contribution < -0.4 is 21.5 Å². The summed E-state index contributed by atoms with van der Waals surface area (Å²) in [5.41, 5.74) is 7.03. The molecule has 49 heavy (non-hydrogen) atoms. The minimum absolute atomic E-state index is 0.0199.